The van der Waals surface area contributed by atoms with E-state index in [-0.39, 0.29) is 31.8 Å². The minimum atomic E-state index is -0.651. The van der Waals surface area contributed by atoms with Crippen LogP contribution in [0.15, 0.2) is 73.3 Å². The molecule has 0 spiro atoms. The van der Waals surface area contributed by atoms with Crippen LogP contribution >= 0.6 is 0 Å². The van der Waals surface area contributed by atoms with E-state index in [0.29, 0.717) is 55.3 Å². The molecule has 2 aromatic rings. The summed E-state index contributed by atoms with van der Waals surface area (Å²) in [5.74, 6) is -0.697. The second kappa shape index (κ2) is 17.8. The van der Waals surface area contributed by atoms with E-state index in [4.69, 9.17) is 28.4 Å². The van der Waals surface area contributed by atoms with Crippen molar-refractivity contribution < 1.29 is 47.6 Å². The molecule has 10 nitrogen and oxygen atoms in total. The minimum Gasteiger partial charge on any atom is -0.493 e. The Hall–Kier alpha value is -4.60. The second-order valence-electron chi connectivity index (χ2n) is 8.30. The molecule has 10 heteroatoms. The lowest BCUT2D eigenvalue weighted by Crippen LogP contribution is -2.14. The molecule has 40 heavy (non-hydrogen) atoms. The highest BCUT2D eigenvalue weighted by molar-refractivity contribution is 5.93. The van der Waals surface area contributed by atoms with Gasteiger partial charge < -0.3 is 28.4 Å². The first-order valence-electron chi connectivity index (χ1n) is 12.8. The van der Waals surface area contributed by atoms with Gasteiger partial charge in [-0.2, -0.15) is 0 Å². The van der Waals surface area contributed by atoms with Gasteiger partial charge in [0, 0.05) is 24.5 Å². The maximum Gasteiger partial charge on any atom is 0.343 e. The van der Waals surface area contributed by atoms with E-state index in [1.807, 2.05) is 6.92 Å². The molecular weight excluding hydrogens is 520 g/mol. The molecule has 0 radical (unpaired) electrons. The van der Waals surface area contributed by atoms with Crippen molar-refractivity contribution in [3.05, 3.63) is 78.9 Å². The van der Waals surface area contributed by atoms with Crippen LogP contribution in [0, 0.1) is 0 Å². The highest BCUT2D eigenvalue weighted by Gasteiger charge is 2.14. The number of hydrogen-bond donors (Lipinski definition) is 0. The average molecular weight is 555 g/mol. The zero-order chi connectivity index (χ0) is 29.2. The van der Waals surface area contributed by atoms with Crippen molar-refractivity contribution in [2.75, 3.05) is 33.0 Å². The summed E-state index contributed by atoms with van der Waals surface area (Å²) >= 11 is 0. The molecule has 0 unspecified atom stereocenters. The van der Waals surface area contributed by atoms with Crippen molar-refractivity contribution in [2.24, 2.45) is 0 Å². The number of benzene rings is 2. The van der Waals surface area contributed by atoms with E-state index in [9.17, 15) is 19.2 Å². The summed E-state index contributed by atoms with van der Waals surface area (Å²) < 4.78 is 31.4. The third-order valence-corrected chi connectivity index (χ3v) is 5.00. The van der Waals surface area contributed by atoms with E-state index in [1.54, 1.807) is 48.5 Å². The quantitative estimate of drug-likeness (QED) is 0.0848. The molecule has 0 aliphatic heterocycles. The van der Waals surface area contributed by atoms with Gasteiger partial charge in [0.05, 0.1) is 45.0 Å². The molecule has 0 bridgehead atoms. The standard InChI is InChI=1S/C30H34O10/c1-4-16-37-28(32)21-22(3)29(33)39-20-7-18-35-24-10-8-23(9-11-24)30(34)40-26-14-12-25(13-15-26)36-17-6-19-38-27(31)5-2/h5,8-15H,2-4,6-7,16-21H2,1H3. The van der Waals surface area contributed by atoms with E-state index < -0.39 is 23.9 Å². The third-order valence-electron chi connectivity index (χ3n) is 5.00. The molecule has 0 saturated carbocycles. The Kier molecular flexibility index (Phi) is 14.1. The largest absolute Gasteiger partial charge is 0.493 e. The van der Waals surface area contributed by atoms with Crippen LogP contribution in [0.3, 0.4) is 0 Å². The monoisotopic (exact) mass is 554 g/mol. The van der Waals surface area contributed by atoms with Crippen LogP contribution in [0.2, 0.25) is 0 Å². The number of hydrogen-bond acceptors (Lipinski definition) is 10. The topological polar surface area (TPSA) is 124 Å². The van der Waals surface area contributed by atoms with Crippen molar-refractivity contribution in [3.63, 3.8) is 0 Å². The predicted octanol–water partition coefficient (Wildman–Crippen LogP) is 4.62. The first-order valence-corrected chi connectivity index (χ1v) is 12.8. The molecule has 0 heterocycles. The van der Waals surface area contributed by atoms with Crippen LogP contribution in [0.4, 0.5) is 0 Å². The molecule has 0 fully saturated rings. The smallest absolute Gasteiger partial charge is 0.343 e. The summed E-state index contributed by atoms with van der Waals surface area (Å²) in [6.07, 6.45) is 2.54. The Balaban J connectivity index is 1.65. The van der Waals surface area contributed by atoms with Gasteiger partial charge >= 0.3 is 23.9 Å². The van der Waals surface area contributed by atoms with Crippen molar-refractivity contribution in [3.8, 4) is 17.2 Å². The number of rotatable bonds is 18. The van der Waals surface area contributed by atoms with E-state index in [1.165, 1.54) is 0 Å². The Labute approximate surface area is 233 Å². The lowest BCUT2D eigenvalue weighted by atomic mass is 10.2. The average Bonchev–Trinajstić information content (AvgIpc) is 2.96. The van der Waals surface area contributed by atoms with Gasteiger partial charge in [-0.05, 0) is 55.0 Å². The van der Waals surface area contributed by atoms with Gasteiger partial charge in [-0.3, -0.25) is 4.79 Å². The van der Waals surface area contributed by atoms with Gasteiger partial charge in [-0.25, -0.2) is 14.4 Å². The summed E-state index contributed by atoms with van der Waals surface area (Å²) in [7, 11) is 0. The van der Waals surface area contributed by atoms with Gasteiger partial charge in [-0.1, -0.05) is 20.1 Å². The molecule has 0 aliphatic carbocycles. The molecule has 2 rings (SSSR count). The van der Waals surface area contributed by atoms with Gasteiger partial charge in [0.1, 0.15) is 17.2 Å². The Morgan fingerprint density at radius 3 is 1.85 bits per heavy atom. The lowest BCUT2D eigenvalue weighted by molar-refractivity contribution is -0.146. The van der Waals surface area contributed by atoms with Crippen molar-refractivity contribution in [1.29, 1.82) is 0 Å². The van der Waals surface area contributed by atoms with Crippen LogP contribution in [-0.4, -0.2) is 56.9 Å². The van der Waals surface area contributed by atoms with E-state index >= 15 is 0 Å². The lowest BCUT2D eigenvalue weighted by Gasteiger charge is -2.10. The molecular formula is C30H34O10. The highest BCUT2D eigenvalue weighted by Crippen LogP contribution is 2.20. The molecule has 0 N–H and O–H groups in total. The molecule has 0 aliphatic rings. The Morgan fingerprint density at radius 1 is 0.725 bits per heavy atom. The molecule has 0 aromatic heterocycles. The molecule has 2 aromatic carbocycles. The van der Waals surface area contributed by atoms with Gasteiger partial charge in [0.15, 0.2) is 0 Å². The number of ether oxygens (including phenoxy) is 6. The second-order valence-corrected chi connectivity index (χ2v) is 8.30. The van der Waals surface area contributed by atoms with Crippen molar-refractivity contribution in [2.45, 2.75) is 32.6 Å². The maximum atomic E-state index is 12.4. The van der Waals surface area contributed by atoms with Crippen molar-refractivity contribution in [1.82, 2.24) is 0 Å². The van der Waals surface area contributed by atoms with Crippen molar-refractivity contribution >= 4 is 23.9 Å². The number of carbonyl (C=O) groups is 4. The fraction of sp³-hybridized carbons (Fsp3) is 0.333. The van der Waals surface area contributed by atoms with Crippen LogP contribution < -0.4 is 14.2 Å². The third kappa shape index (κ3) is 12.3. The Morgan fingerprint density at radius 2 is 1.27 bits per heavy atom. The zero-order valence-corrected chi connectivity index (χ0v) is 22.6. The summed E-state index contributed by atoms with van der Waals surface area (Å²) in [5.41, 5.74) is 0.376. The molecule has 0 amide bonds. The molecule has 214 valence electrons. The SMILES string of the molecule is C=CC(=O)OCCCOc1ccc(OC(=O)c2ccc(OCCCOC(=O)C(=C)CC(=O)OCCC)cc2)cc1. The molecule has 0 atom stereocenters. The summed E-state index contributed by atoms with van der Waals surface area (Å²) in [6, 6.07) is 13.0. The number of esters is 4. The summed E-state index contributed by atoms with van der Waals surface area (Å²) in [6.45, 7) is 10.0. The normalized spacial score (nSPS) is 10.1. The van der Waals surface area contributed by atoms with E-state index in [2.05, 4.69) is 13.2 Å². The van der Waals surface area contributed by atoms with Gasteiger partial charge in [0.2, 0.25) is 0 Å². The first kappa shape index (κ1) is 31.6. The number of carbonyl (C=O) groups excluding carboxylic acids is 4. The van der Waals surface area contributed by atoms with Crippen LogP contribution in [0.5, 0.6) is 17.2 Å². The van der Waals surface area contributed by atoms with Crippen LogP contribution in [0.1, 0.15) is 43.0 Å². The first-order chi connectivity index (χ1) is 19.3. The van der Waals surface area contributed by atoms with Crippen LogP contribution in [0.25, 0.3) is 0 Å². The zero-order valence-electron chi connectivity index (χ0n) is 22.6. The van der Waals surface area contributed by atoms with Crippen LogP contribution in [-0.2, 0) is 28.6 Å². The Bertz CT molecular complexity index is 1140. The van der Waals surface area contributed by atoms with E-state index in [0.717, 1.165) is 6.08 Å². The predicted molar refractivity (Wildman–Crippen MR) is 145 cm³/mol. The maximum absolute atomic E-state index is 12.4. The van der Waals surface area contributed by atoms with Gasteiger partial charge in [-0.15, -0.1) is 0 Å². The fourth-order valence-corrected chi connectivity index (χ4v) is 2.97. The highest BCUT2D eigenvalue weighted by atomic mass is 16.5. The minimum absolute atomic E-state index is 0.0365. The summed E-state index contributed by atoms with van der Waals surface area (Å²) in [5, 5.41) is 0. The molecule has 0 saturated heterocycles. The summed E-state index contributed by atoms with van der Waals surface area (Å²) in [4.78, 5) is 46.8. The van der Waals surface area contributed by atoms with Gasteiger partial charge in [0.25, 0.3) is 0 Å². The fourth-order valence-electron chi connectivity index (χ4n) is 2.97.